The molecule has 0 heterocycles. The molecule has 0 fully saturated rings. The van der Waals surface area contributed by atoms with Crippen LogP contribution in [0.25, 0.3) is 0 Å². The van der Waals surface area contributed by atoms with Gasteiger partial charge in [0.1, 0.15) is 5.69 Å². The van der Waals surface area contributed by atoms with E-state index in [1.54, 1.807) is 12.4 Å². The molecule has 19 heavy (non-hydrogen) atoms. The third-order valence-corrected chi connectivity index (χ3v) is 2.80. The lowest BCUT2D eigenvalue weighted by Gasteiger charge is -2.11. The Morgan fingerprint density at radius 3 is 2.74 bits per heavy atom. The maximum Gasteiger partial charge on any atom is 0.573 e. The van der Waals surface area contributed by atoms with Crippen LogP contribution in [0.2, 0.25) is 0 Å². The largest absolute Gasteiger partial charge is 0.573 e. The van der Waals surface area contributed by atoms with Crippen molar-refractivity contribution in [1.82, 2.24) is 5.32 Å². The quantitative estimate of drug-likeness (QED) is 0.380. The summed E-state index contributed by atoms with van der Waals surface area (Å²) in [7, 11) is 0. The lowest BCUT2D eigenvalue weighted by molar-refractivity contribution is -0.274. The fourth-order valence-corrected chi connectivity index (χ4v) is 1.76. The second-order valence-electron chi connectivity index (χ2n) is 3.02. The van der Waals surface area contributed by atoms with E-state index in [9.17, 15) is 13.2 Å². The molecule has 0 spiro atoms. The molecule has 0 atom stereocenters. The highest BCUT2D eigenvalue weighted by Crippen LogP contribution is 2.35. The normalized spacial score (nSPS) is 11.9. The Hall–Kier alpha value is -1.40. The molecule has 0 saturated heterocycles. The fourth-order valence-electron chi connectivity index (χ4n) is 1.07. The third kappa shape index (κ3) is 5.40. The van der Waals surface area contributed by atoms with Crippen molar-refractivity contribution in [1.29, 1.82) is 5.26 Å². The highest BCUT2D eigenvalue weighted by molar-refractivity contribution is 9.10. The van der Waals surface area contributed by atoms with Crippen LogP contribution < -0.4 is 10.1 Å². The van der Waals surface area contributed by atoms with Crippen molar-refractivity contribution < 1.29 is 17.9 Å². The van der Waals surface area contributed by atoms with Gasteiger partial charge in [-0.15, -0.1) is 13.2 Å². The minimum atomic E-state index is -4.81. The van der Waals surface area contributed by atoms with Crippen molar-refractivity contribution in [2.45, 2.75) is 6.36 Å². The van der Waals surface area contributed by atoms with Gasteiger partial charge in [-0.25, -0.2) is 4.99 Å². The van der Waals surface area contributed by atoms with Crippen molar-refractivity contribution in [2.75, 3.05) is 6.26 Å². The second-order valence-corrected chi connectivity index (χ2v) is 4.73. The van der Waals surface area contributed by atoms with Crippen LogP contribution in [0.5, 0.6) is 5.75 Å². The van der Waals surface area contributed by atoms with Gasteiger partial charge in [0.15, 0.2) is 17.1 Å². The average Bonchev–Trinajstić information content (AvgIpc) is 2.30. The zero-order valence-corrected chi connectivity index (χ0v) is 11.9. The number of amidine groups is 1. The molecule has 1 aromatic rings. The summed E-state index contributed by atoms with van der Waals surface area (Å²) in [5.41, 5.74) is -0.0428. The molecule has 0 radical (unpaired) electrons. The lowest BCUT2D eigenvalue weighted by atomic mass is 10.3. The maximum absolute atomic E-state index is 12.2. The summed E-state index contributed by atoms with van der Waals surface area (Å²) in [5, 5.41) is 10.9. The summed E-state index contributed by atoms with van der Waals surface area (Å²) >= 11 is 4.21. The van der Waals surface area contributed by atoms with Gasteiger partial charge in [0.25, 0.3) is 0 Å². The first-order valence-electron chi connectivity index (χ1n) is 4.69. The summed E-state index contributed by atoms with van der Waals surface area (Å²) in [6.07, 6.45) is -1.53. The van der Waals surface area contributed by atoms with Crippen LogP contribution in [-0.2, 0) is 0 Å². The van der Waals surface area contributed by atoms with Crippen molar-refractivity contribution in [3.63, 3.8) is 0 Å². The number of rotatable bonds is 2. The average molecular weight is 354 g/mol. The van der Waals surface area contributed by atoms with Gasteiger partial charge in [-0.2, -0.15) is 5.26 Å². The van der Waals surface area contributed by atoms with E-state index in [0.29, 0.717) is 4.47 Å². The first kappa shape index (κ1) is 15.7. The van der Waals surface area contributed by atoms with E-state index in [1.165, 1.54) is 12.1 Å². The minimum Gasteiger partial charge on any atom is -0.403 e. The Balaban J connectivity index is 3.17. The van der Waals surface area contributed by atoms with Crippen LogP contribution in [0.1, 0.15) is 0 Å². The smallest absolute Gasteiger partial charge is 0.403 e. The van der Waals surface area contributed by atoms with Crippen LogP contribution in [-0.4, -0.2) is 17.8 Å². The van der Waals surface area contributed by atoms with Crippen LogP contribution in [0.15, 0.2) is 27.7 Å². The first-order valence-corrected chi connectivity index (χ1v) is 6.70. The number of aliphatic imine (C=N–C) groups is 1. The monoisotopic (exact) mass is 353 g/mol. The summed E-state index contributed by atoms with van der Waals surface area (Å²) in [4.78, 5) is 3.90. The molecule has 0 aromatic heterocycles. The van der Waals surface area contributed by atoms with Crippen molar-refractivity contribution in [3.8, 4) is 11.9 Å². The number of nitrogens with one attached hydrogen (secondary N) is 1. The molecule has 0 unspecified atom stereocenters. The van der Waals surface area contributed by atoms with Crippen LogP contribution in [0, 0.1) is 11.5 Å². The van der Waals surface area contributed by atoms with Gasteiger partial charge >= 0.3 is 6.36 Å². The predicted octanol–water partition coefficient (Wildman–Crippen LogP) is 3.77. The molecule has 0 aliphatic carbocycles. The van der Waals surface area contributed by atoms with Gasteiger partial charge in [-0.3, -0.25) is 5.32 Å². The number of thioether (sulfide) groups is 1. The van der Waals surface area contributed by atoms with Crippen molar-refractivity contribution in [2.24, 2.45) is 4.99 Å². The van der Waals surface area contributed by atoms with E-state index in [0.717, 1.165) is 17.8 Å². The van der Waals surface area contributed by atoms with Crippen LogP contribution >= 0.6 is 27.7 Å². The predicted molar refractivity (Wildman–Crippen MR) is 70.2 cm³/mol. The van der Waals surface area contributed by atoms with Gasteiger partial charge in [0.2, 0.25) is 0 Å². The number of benzene rings is 1. The molecule has 102 valence electrons. The second kappa shape index (κ2) is 6.68. The molecule has 1 aromatic carbocycles. The summed E-state index contributed by atoms with van der Waals surface area (Å²) in [6.45, 7) is 0. The third-order valence-electron chi connectivity index (χ3n) is 1.72. The highest BCUT2D eigenvalue weighted by Gasteiger charge is 2.32. The minimum absolute atomic E-state index is 0.0428. The molecule has 4 nitrogen and oxygen atoms in total. The Bertz CT molecular complexity index is 528. The zero-order valence-electron chi connectivity index (χ0n) is 9.45. The lowest BCUT2D eigenvalue weighted by Crippen LogP contribution is -2.17. The topological polar surface area (TPSA) is 57.4 Å². The molecule has 1 N–H and O–H groups in total. The summed E-state index contributed by atoms with van der Waals surface area (Å²) < 4.78 is 41.1. The molecule has 0 aliphatic heterocycles. The number of halogens is 4. The Morgan fingerprint density at radius 1 is 1.53 bits per heavy atom. The van der Waals surface area contributed by atoms with E-state index in [2.05, 4.69) is 31.0 Å². The molecule has 0 saturated carbocycles. The number of hydrogen-bond acceptors (Lipinski definition) is 4. The first-order chi connectivity index (χ1) is 8.85. The Labute approximate surface area is 119 Å². The number of ether oxygens (including phenoxy) is 1. The van der Waals surface area contributed by atoms with Gasteiger partial charge in [-0.05, 0) is 24.5 Å². The van der Waals surface area contributed by atoms with Crippen LogP contribution in [0.4, 0.5) is 18.9 Å². The van der Waals surface area contributed by atoms with E-state index >= 15 is 0 Å². The van der Waals surface area contributed by atoms with E-state index in [-0.39, 0.29) is 10.9 Å². The van der Waals surface area contributed by atoms with Gasteiger partial charge in [-0.1, -0.05) is 27.7 Å². The SMILES string of the molecule is CSC(=Nc1cc(Br)ccc1OC(F)(F)F)NC#N. The summed E-state index contributed by atoms with van der Waals surface area (Å²) in [5.74, 6) is -0.443. The molecule has 1 rings (SSSR count). The number of hydrogen-bond donors (Lipinski definition) is 1. The van der Waals surface area contributed by atoms with Crippen molar-refractivity contribution in [3.05, 3.63) is 22.7 Å². The van der Waals surface area contributed by atoms with E-state index in [1.807, 2.05) is 0 Å². The van der Waals surface area contributed by atoms with Gasteiger partial charge in [0, 0.05) is 4.47 Å². The Morgan fingerprint density at radius 2 is 2.21 bits per heavy atom. The van der Waals surface area contributed by atoms with Gasteiger partial charge in [0.05, 0.1) is 0 Å². The summed E-state index contributed by atoms with van der Waals surface area (Å²) in [6, 6.07) is 3.90. The number of nitriles is 1. The fraction of sp³-hybridized carbons (Fsp3) is 0.200. The van der Waals surface area contributed by atoms with Crippen molar-refractivity contribution >= 4 is 38.5 Å². The molecular weight excluding hydrogens is 347 g/mol. The maximum atomic E-state index is 12.2. The van der Waals surface area contributed by atoms with E-state index < -0.39 is 12.1 Å². The zero-order chi connectivity index (χ0) is 14.5. The molecule has 0 aliphatic rings. The molecular formula is C10H7BrF3N3OS. The molecule has 0 amide bonds. The van der Waals surface area contributed by atoms with Gasteiger partial charge < -0.3 is 4.74 Å². The van der Waals surface area contributed by atoms with Crippen LogP contribution in [0.3, 0.4) is 0 Å². The standard InChI is InChI=1S/C10H7BrF3N3OS/c1-19-9(16-5-15)17-7-4-6(11)2-3-8(7)18-10(12,13)14/h2-4H,1H3,(H,16,17). The van der Waals surface area contributed by atoms with E-state index in [4.69, 9.17) is 5.26 Å². The molecule has 9 heteroatoms. The molecule has 0 bridgehead atoms. The highest BCUT2D eigenvalue weighted by atomic mass is 79.9. The number of nitrogens with zero attached hydrogens (tertiary/aromatic N) is 2. The number of alkyl halides is 3. The Kier molecular flexibility index (Phi) is 5.50.